The van der Waals surface area contributed by atoms with E-state index < -0.39 is 0 Å². The summed E-state index contributed by atoms with van der Waals surface area (Å²) in [6.07, 6.45) is 2.09. The minimum Gasteiger partial charge on any atom is -0.490 e. The summed E-state index contributed by atoms with van der Waals surface area (Å²) in [6, 6.07) is 8.18. The molecular weight excluding hydrogens is 254 g/mol. The average Bonchev–Trinajstić information content (AvgIpc) is 3.01. The largest absolute Gasteiger partial charge is 0.490 e. The lowest BCUT2D eigenvalue weighted by Gasteiger charge is -2.22. The zero-order valence-corrected chi connectivity index (χ0v) is 12.4. The van der Waals surface area contributed by atoms with Crippen LogP contribution in [0.2, 0.25) is 0 Å². The molecule has 0 aliphatic carbocycles. The summed E-state index contributed by atoms with van der Waals surface area (Å²) in [7, 11) is 1.98. The van der Waals surface area contributed by atoms with Gasteiger partial charge in [0.1, 0.15) is 6.61 Å². The first-order valence-electron chi connectivity index (χ1n) is 7.44. The van der Waals surface area contributed by atoms with E-state index in [9.17, 15) is 0 Å². The van der Waals surface area contributed by atoms with Gasteiger partial charge in [-0.05, 0) is 32.0 Å². The van der Waals surface area contributed by atoms with E-state index in [2.05, 4.69) is 12.2 Å². The molecule has 1 heterocycles. The highest BCUT2D eigenvalue weighted by molar-refractivity contribution is 5.39. The van der Waals surface area contributed by atoms with E-state index in [0.717, 1.165) is 37.6 Å². The molecule has 0 bridgehead atoms. The zero-order valence-electron chi connectivity index (χ0n) is 12.4. The Morgan fingerprint density at radius 1 is 1.30 bits per heavy atom. The molecule has 1 N–H and O–H groups in total. The second kappa shape index (κ2) is 8.12. The first kappa shape index (κ1) is 15.1. The fourth-order valence-electron chi connectivity index (χ4n) is 2.41. The lowest BCUT2D eigenvalue weighted by molar-refractivity contribution is 0.161. The van der Waals surface area contributed by atoms with Gasteiger partial charge in [-0.25, -0.2) is 0 Å². The summed E-state index contributed by atoms with van der Waals surface area (Å²) in [5, 5.41) is 3.33. The molecule has 2 rings (SSSR count). The van der Waals surface area contributed by atoms with Crippen LogP contribution < -0.4 is 14.8 Å². The summed E-state index contributed by atoms with van der Waals surface area (Å²) in [6.45, 7) is 5.13. The minimum absolute atomic E-state index is 0.316. The van der Waals surface area contributed by atoms with Gasteiger partial charge >= 0.3 is 0 Å². The average molecular weight is 279 g/mol. The van der Waals surface area contributed by atoms with Crippen LogP contribution in [-0.2, 0) is 4.74 Å². The van der Waals surface area contributed by atoms with Crippen LogP contribution in [0.1, 0.15) is 19.8 Å². The van der Waals surface area contributed by atoms with E-state index in [0.29, 0.717) is 25.2 Å². The van der Waals surface area contributed by atoms with Gasteiger partial charge in [0.15, 0.2) is 11.5 Å². The van der Waals surface area contributed by atoms with E-state index in [1.165, 1.54) is 0 Å². The molecule has 1 aromatic carbocycles. The van der Waals surface area contributed by atoms with Crippen LogP contribution >= 0.6 is 0 Å². The van der Waals surface area contributed by atoms with Crippen LogP contribution in [0.5, 0.6) is 11.5 Å². The third-order valence-electron chi connectivity index (χ3n) is 3.63. The molecule has 1 aliphatic rings. The van der Waals surface area contributed by atoms with Gasteiger partial charge in [0.2, 0.25) is 0 Å². The van der Waals surface area contributed by atoms with Gasteiger partial charge in [-0.2, -0.15) is 0 Å². The highest BCUT2D eigenvalue weighted by Gasteiger charge is 2.25. The monoisotopic (exact) mass is 279 g/mol. The Labute approximate surface area is 121 Å². The van der Waals surface area contributed by atoms with Gasteiger partial charge in [0, 0.05) is 18.6 Å². The smallest absolute Gasteiger partial charge is 0.161 e. The zero-order chi connectivity index (χ0) is 14.2. The van der Waals surface area contributed by atoms with Gasteiger partial charge in [-0.3, -0.25) is 0 Å². The molecule has 1 aromatic rings. The van der Waals surface area contributed by atoms with Crippen molar-refractivity contribution in [2.45, 2.75) is 25.8 Å². The van der Waals surface area contributed by atoms with E-state index in [-0.39, 0.29) is 0 Å². The molecule has 4 nitrogen and oxygen atoms in total. The van der Waals surface area contributed by atoms with Crippen LogP contribution in [0.25, 0.3) is 0 Å². The molecule has 20 heavy (non-hydrogen) atoms. The van der Waals surface area contributed by atoms with E-state index in [1.54, 1.807) is 0 Å². The second-order valence-corrected chi connectivity index (χ2v) is 5.13. The van der Waals surface area contributed by atoms with Crippen LogP contribution in [0, 0.1) is 5.92 Å². The Kier molecular flexibility index (Phi) is 6.15. The molecule has 112 valence electrons. The van der Waals surface area contributed by atoms with E-state index >= 15 is 0 Å². The highest BCUT2D eigenvalue weighted by atomic mass is 16.5. The summed E-state index contributed by atoms with van der Waals surface area (Å²) in [5.41, 5.74) is 0. The first-order chi connectivity index (χ1) is 9.85. The minimum atomic E-state index is 0.316. The SMILES string of the molecule is CCCOc1ccccc1OCC(NC)C1CCOC1. The maximum atomic E-state index is 5.96. The van der Waals surface area contributed by atoms with E-state index in [4.69, 9.17) is 14.2 Å². The maximum Gasteiger partial charge on any atom is 0.161 e. The number of para-hydroxylation sites is 2. The highest BCUT2D eigenvalue weighted by Crippen LogP contribution is 2.27. The van der Waals surface area contributed by atoms with Crippen molar-refractivity contribution in [3.05, 3.63) is 24.3 Å². The molecule has 2 atom stereocenters. The molecule has 0 radical (unpaired) electrons. The van der Waals surface area contributed by atoms with Crippen molar-refractivity contribution in [2.24, 2.45) is 5.92 Å². The van der Waals surface area contributed by atoms with Crippen LogP contribution in [-0.4, -0.2) is 39.5 Å². The first-order valence-corrected chi connectivity index (χ1v) is 7.44. The Balaban J connectivity index is 1.91. The third kappa shape index (κ3) is 4.12. The molecular formula is C16H25NO3. The topological polar surface area (TPSA) is 39.7 Å². The maximum absolute atomic E-state index is 5.96. The number of likely N-dealkylation sites (N-methyl/N-ethyl adjacent to an activating group) is 1. The van der Waals surface area contributed by atoms with Crippen LogP contribution in [0.4, 0.5) is 0 Å². The van der Waals surface area contributed by atoms with Crippen molar-refractivity contribution in [1.82, 2.24) is 5.32 Å². The fourth-order valence-corrected chi connectivity index (χ4v) is 2.41. The fraction of sp³-hybridized carbons (Fsp3) is 0.625. The standard InChI is InChI=1S/C16H25NO3/c1-3-9-19-15-6-4-5-7-16(15)20-12-14(17-2)13-8-10-18-11-13/h4-7,13-14,17H,3,8-12H2,1-2H3. The lowest BCUT2D eigenvalue weighted by atomic mass is 10.00. The third-order valence-corrected chi connectivity index (χ3v) is 3.63. The Morgan fingerprint density at radius 3 is 2.65 bits per heavy atom. The Bertz CT molecular complexity index is 391. The predicted molar refractivity (Wildman–Crippen MR) is 79.5 cm³/mol. The molecule has 1 aliphatic heterocycles. The Morgan fingerprint density at radius 2 is 2.05 bits per heavy atom. The quantitative estimate of drug-likeness (QED) is 0.793. The van der Waals surface area contributed by atoms with Gasteiger partial charge in [0.25, 0.3) is 0 Å². The van der Waals surface area contributed by atoms with Gasteiger partial charge < -0.3 is 19.5 Å². The van der Waals surface area contributed by atoms with E-state index in [1.807, 2.05) is 31.3 Å². The predicted octanol–water partition coefficient (Wildman–Crippen LogP) is 2.48. The van der Waals surface area contributed by atoms with Crippen molar-refractivity contribution >= 4 is 0 Å². The number of nitrogens with one attached hydrogen (secondary N) is 1. The van der Waals surface area contributed by atoms with Crippen molar-refractivity contribution < 1.29 is 14.2 Å². The van der Waals surface area contributed by atoms with Gasteiger partial charge in [-0.15, -0.1) is 0 Å². The summed E-state index contributed by atoms with van der Waals surface area (Å²) < 4.78 is 17.1. The molecule has 0 amide bonds. The molecule has 1 saturated heterocycles. The second-order valence-electron chi connectivity index (χ2n) is 5.13. The van der Waals surface area contributed by atoms with Gasteiger partial charge in [-0.1, -0.05) is 19.1 Å². The number of hydrogen-bond donors (Lipinski definition) is 1. The Hall–Kier alpha value is -1.26. The van der Waals surface area contributed by atoms with Gasteiger partial charge in [0.05, 0.1) is 13.2 Å². The molecule has 0 spiro atoms. The van der Waals surface area contributed by atoms with Crippen molar-refractivity contribution in [3.63, 3.8) is 0 Å². The van der Waals surface area contributed by atoms with Crippen molar-refractivity contribution in [1.29, 1.82) is 0 Å². The van der Waals surface area contributed by atoms with Crippen molar-refractivity contribution in [2.75, 3.05) is 33.5 Å². The molecule has 4 heteroatoms. The summed E-state index contributed by atoms with van der Waals surface area (Å²) >= 11 is 0. The summed E-state index contributed by atoms with van der Waals surface area (Å²) in [4.78, 5) is 0. The summed E-state index contributed by atoms with van der Waals surface area (Å²) in [5.74, 6) is 2.18. The molecule has 0 aromatic heterocycles. The van der Waals surface area contributed by atoms with Crippen LogP contribution in [0.15, 0.2) is 24.3 Å². The van der Waals surface area contributed by atoms with Crippen LogP contribution in [0.3, 0.4) is 0 Å². The molecule has 1 fully saturated rings. The number of rotatable bonds is 8. The lowest BCUT2D eigenvalue weighted by Crippen LogP contribution is -2.39. The number of benzene rings is 1. The molecule has 0 saturated carbocycles. The number of hydrogen-bond acceptors (Lipinski definition) is 4. The normalized spacial score (nSPS) is 19.8. The molecule has 2 unspecified atom stereocenters. The number of ether oxygens (including phenoxy) is 3. The van der Waals surface area contributed by atoms with Crippen molar-refractivity contribution in [3.8, 4) is 11.5 Å².